The highest BCUT2D eigenvalue weighted by molar-refractivity contribution is 7.85. The van der Waals surface area contributed by atoms with E-state index in [1.54, 1.807) is 0 Å². The first-order valence-electron chi connectivity index (χ1n) is 9.83. The Labute approximate surface area is 178 Å². The first kappa shape index (κ1) is 22.0. The van der Waals surface area contributed by atoms with E-state index in [1.807, 2.05) is 60.7 Å². The Morgan fingerprint density at radius 2 is 1.73 bits per heavy atom. The van der Waals surface area contributed by atoms with Crippen LogP contribution in [0.1, 0.15) is 18.4 Å². The summed E-state index contributed by atoms with van der Waals surface area (Å²) in [6, 6.07) is 18.0. The minimum absolute atomic E-state index is 0.162. The summed E-state index contributed by atoms with van der Waals surface area (Å²) in [5.74, 6) is 0.256. The van der Waals surface area contributed by atoms with Gasteiger partial charge in [-0.15, -0.1) is 0 Å². The number of hydrogen-bond acceptors (Lipinski definition) is 5. The third-order valence-electron chi connectivity index (χ3n) is 4.84. The molecular formula is C22H26N2O5S. The number of carbonyl (C=O) groups excluding carboxylic acids is 2. The van der Waals surface area contributed by atoms with Crippen LogP contribution in [0.15, 0.2) is 60.7 Å². The standard InChI is InChI=1S/C22H26N2O5S/c23-22(26)19(11-12-28-13-14-29-18-9-5-2-6-10-18)24-20(25)15-21(24)30(27)16-17-7-3-1-4-8-17/h1-10,19,21H,11-16H2,(H2,23,26). The number of carbonyl (C=O) groups is 2. The quantitative estimate of drug-likeness (QED) is 0.409. The van der Waals surface area contributed by atoms with Crippen molar-refractivity contribution >= 4 is 22.6 Å². The van der Waals surface area contributed by atoms with Crippen molar-refractivity contribution in [2.45, 2.75) is 30.0 Å². The first-order valence-corrected chi connectivity index (χ1v) is 11.2. The summed E-state index contributed by atoms with van der Waals surface area (Å²) in [6.07, 6.45) is 0.417. The normalized spacial score (nSPS) is 17.8. The van der Waals surface area contributed by atoms with Gasteiger partial charge in [0.2, 0.25) is 11.8 Å². The Balaban J connectivity index is 1.46. The fourth-order valence-corrected chi connectivity index (χ4v) is 4.84. The lowest BCUT2D eigenvalue weighted by atomic mass is 10.1. The minimum atomic E-state index is -1.31. The molecule has 3 unspecified atom stereocenters. The van der Waals surface area contributed by atoms with Gasteiger partial charge in [-0.2, -0.15) is 0 Å². The second-order valence-electron chi connectivity index (χ2n) is 6.95. The molecule has 1 heterocycles. The summed E-state index contributed by atoms with van der Waals surface area (Å²) in [5.41, 5.74) is 6.45. The third kappa shape index (κ3) is 5.90. The minimum Gasteiger partial charge on any atom is -0.491 e. The van der Waals surface area contributed by atoms with Crippen LogP contribution in [0.25, 0.3) is 0 Å². The van der Waals surface area contributed by atoms with Crippen LogP contribution in [0.5, 0.6) is 5.75 Å². The molecule has 7 nitrogen and oxygen atoms in total. The van der Waals surface area contributed by atoms with Gasteiger partial charge in [0.1, 0.15) is 23.8 Å². The fourth-order valence-electron chi connectivity index (χ4n) is 3.28. The lowest BCUT2D eigenvalue weighted by molar-refractivity contribution is -0.150. The number of nitrogens with zero attached hydrogens (tertiary/aromatic N) is 1. The van der Waals surface area contributed by atoms with Crippen molar-refractivity contribution in [2.24, 2.45) is 5.73 Å². The molecule has 30 heavy (non-hydrogen) atoms. The zero-order valence-corrected chi connectivity index (χ0v) is 17.5. The Kier molecular flexibility index (Phi) is 7.98. The van der Waals surface area contributed by atoms with Crippen LogP contribution in [-0.2, 0) is 30.9 Å². The number of β-lactam (4-membered cyclic amide) rings is 1. The Hall–Kier alpha value is -2.71. The smallest absolute Gasteiger partial charge is 0.240 e. The zero-order chi connectivity index (χ0) is 21.3. The zero-order valence-electron chi connectivity index (χ0n) is 16.6. The number of rotatable bonds is 12. The average molecular weight is 431 g/mol. The van der Waals surface area contributed by atoms with Gasteiger partial charge in [0.05, 0.1) is 18.8 Å². The van der Waals surface area contributed by atoms with Gasteiger partial charge in [-0.1, -0.05) is 48.5 Å². The van der Waals surface area contributed by atoms with Crippen LogP contribution in [0.2, 0.25) is 0 Å². The van der Waals surface area contributed by atoms with E-state index in [9.17, 15) is 13.8 Å². The molecular weight excluding hydrogens is 404 g/mol. The molecule has 1 aliphatic rings. The van der Waals surface area contributed by atoms with E-state index in [2.05, 4.69) is 0 Å². The van der Waals surface area contributed by atoms with Crippen molar-refractivity contribution in [3.05, 3.63) is 66.2 Å². The predicted molar refractivity (Wildman–Crippen MR) is 114 cm³/mol. The topological polar surface area (TPSA) is 98.9 Å². The van der Waals surface area contributed by atoms with E-state index in [0.717, 1.165) is 11.3 Å². The summed E-state index contributed by atoms with van der Waals surface area (Å²) >= 11 is 0. The first-order chi connectivity index (χ1) is 14.6. The number of amides is 2. The molecule has 0 saturated carbocycles. The molecule has 2 N–H and O–H groups in total. The molecule has 0 radical (unpaired) electrons. The summed E-state index contributed by atoms with van der Waals surface area (Å²) in [4.78, 5) is 25.5. The van der Waals surface area contributed by atoms with Crippen LogP contribution >= 0.6 is 0 Å². The summed E-state index contributed by atoms with van der Waals surface area (Å²) in [5, 5.41) is -0.503. The number of hydrogen-bond donors (Lipinski definition) is 1. The summed E-state index contributed by atoms with van der Waals surface area (Å²) < 4.78 is 23.8. The molecule has 2 amide bonds. The van der Waals surface area contributed by atoms with Crippen molar-refractivity contribution in [1.82, 2.24) is 4.90 Å². The molecule has 160 valence electrons. The molecule has 0 aromatic heterocycles. The van der Waals surface area contributed by atoms with Crippen molar-refractivity contribution in [3.8, 4) is 5.75 Å². The lowest BCUT2D eigenvalue weighted by Gasteiger charge is -2.43. The molecule has 0 aliphatic carbocycles. The predicted octanol–water partition coefficient (Wildman–Crippen LogP) is 1.83. The van der Waals surface area contributed by atoms with Gasteiger partial charge >= 0.3 is 0 Å². The number of benzene rings is 2. The number of likely N-dealkylation sites (tertiary alicyclic amines) is 1. The number of para-hydroxylation sites is 1. The molecule has 0 spiro atoms. The van der Waals surface area contributed by atoms with Crippen LogP contribution in [0, 0.1) is 0 Å². The molecule has 1 aliphatic heterocycles. The molecule has 1 fully saturated rings. The van der Waals surface area contributed by atoms with E-state index in [-0.39, 0.29) is 25.4 Å². The second-order valence-corrected chi connectivity index (χ2v) is 8.55. The van der Waals surface area contributed by atoms with E-state index < -0.39 is 28.1 Å². The van der Waals surface area contributed by atoms with Crippen LogP contribution in [0.4, 0.5) is 0 Å². The van der Waals surface area contributed by atoms with E-state index in [1.165, 1.54) is 4.90 Å². The number of ether oxygens (including phenoxy) is 2. The summed E-state index contributed by atoms with van der Waals surface area (Å²) in [7, 11) is -1.31. The molecule has 3 rings (SSSR count). The largest absolute Gasteiger partial charge is 0.491 e. The fraction of sp³-hybridized carbons (Fsp3) is 0.364. The van der Waals surface area contributed by atoms with E-state index in [4.69, 9.17) is 15.2 Å². The lowest BCUT2D eigenvalue weighted by Crippen LogP contribution is -2.62. The maximum Gasteiger partial charge on any atom is 0.240 e. The van der Waals surface area contributed by atoms with Gasteiger partial charge in [0, 0.05) is 23.8 Å². The van der Waals surface area contributed by atoms with E-state index in [0.29, 0.717) is 19.0 Å². The summed E-state index contributed by atoms with van der Waals surface area (Å²) in [6.45, 7) is 0.961. The SMILES string of the molecule is NC(=O)C(CCOCCOc1ccccc1)N1C(=O)CC1S(=O)Cc1ccccc1. The monoisotopic (exact) mass is 430 g/mol. The van der Waals surface area contributed by atoms with Crippen LogP contribution < -0.4 is 10.5 Å². The maximum atomic E-state index is 12.7. The molecule has 2 aromatic carbocycles. The van der Waals surface area contributed by atoms with Gasteiger partial charge in [0.15, 0.2) is 0 Å². The van der Waals surface area contributed by atoms with Crippen molar-refractivity contribution in [2.75, 3.05) is 19.8 Å². The Bertz CT molecular complexity index is 862. The highest BCUT2D eigenvalue weighted by Gasteiger charge is 2.45. The van der Waals surface area contributed by atoms with Crippen molar-refractivity contribution in [3.63, 3.8) is 0 Å². The van der Waals surface area contributed by atoms with Gasteiger partial charge < -0.3 is 20.1 Å². The number of primary amides is 1. The van der Waals surface area contributed by atoms with Gasteiger partial charge in [-0.25, -0.2) is 0 Å². The van der Waals surface area contributed by atoms with Gasteiger partial charge in [0.25, 0.3) is 0 Å². The van der Waals surface area contributed by atoms with Crippen molar-refractivity contribution < 1.29 is 23.3 Å². The molecule has 2 aromatic rings. The molecule has 3 atom stereocenters. The van der Waals surface area contributed by atoms with Gasteiger partial charge in [-0.3, -0.25) is 13.8 Å². The Morgan fingerprint density at radius 1 is 1.07 bits per heavy atom. The Morgan fingerprint density at radius 3 is 2.37 bits per heavy atom. The average Bonchev–Trinajstić information content (AvgIpc) is 2.74. The van der Waals surface area contributed by atoms with E-state index >= 15 is 0 Å². The molecule has 0 bridgehead atoms. The number of nitrogens with two attached hydrogens (primary N) is 1. The third-order valence-corrected chi connectivity index (χ3v) is 6.46. The second kappa shape index (κ2) is 10.9. The van der Waals surface area contributed by atoms with Crippen LogP contribution in [0.3, 0.4) is 0 Å². The molecule has 8 heteroatoms. The van der Waals surface area contributed by atoms with Gasteiger partial charge in [-0.05, 0) is 17.7 Å². The highest BCUT2D eigenvalue weighted by Crippen LogP contribution is 2.28. The van der Waals surface area contributed by atoms with Crippen LogP contribution in [-0.4, -0.2) is 52.2 Å². The molecule has 1 saturated heterocycles. The van der Waals surface area contributed by atoms with Crippen molar-refractivity contribution in [1.29, 1.82) is 0 Å². The maximum absolute atomic E-state index is 12.7. The highest BCUT2D eigenvalue weighted by atomic mass is 32.2.